The van der Waals surface area contributed by atoms with Crippen LogP contribution in [0.4, 0.5) is 23.7 Å². The lowest BCUT2D eigenvalue weighted by molar-refractivity contribution is -0.156. The van der Waals surface area contributed by atoms with Gasteiger partial charge in [-0.05, 0) is 101 Å². The minimum absolute atomic E-state index is 0.0162. The van der Waals surface area contributed by atoms with E-state index in [-0.39, 0.29) is 63.0 Å². The number of cyclic esters (lactones) is 1. The SMILES string of the molecule is C=CC(=O)N1[C@@H](C)OC2(CCN(C(=O)N(C)[C@H](C(=O)N[C@H]3C[C@H]4CN(CCO4)c4ccc5c(c4)c(c(-c4cccnc4[C@H](C)OC)n5CC(F)(F)F)CC(C)(C)COC(=O)[C@@H]4CCCN(N4)C3=O)C(C)C)CC2)[C@H]1C. The van der Waals surface area contributed by atoms with Crippen LogP contribution < -0.4 is 15.6 Å². The van der Waals surface area contributed by atoms with Crippen molar-refractivity contribution in [1.82, 2.24) is 40.0 Å². The highest BCUT2D eigenvalue weighted by molar-refractivity contribution is 5.95. The maximum Gasteiger partial charge on any atom is 0.406 e. The molecule has 18 nitrogen and oxygen atoms in total. The molecule has 0 saturated carbocycles. The quantitative estimate of drug-likeness (QED) is 0.179. The number of carbonyl (C=O) groups excluding carboxylic acids is 5. The van der Waals surface area contributed by atoms with E-state index >= 15 is 0 Å². The Morgan fingerprint density at radius 1 is 1.08 bits per heavy atom. The van der Waals surface area contributed by atoms with Crippen molar-refractivity contribution in [3.05, 3.63) is 60.4 Å². The fourth-order valence-electron chi connectivity index (χ4n) is 11.9. The number of likely N-dealkylation sites (N-methyl/N-ethyl adjacent to an activating group) is 1. The Balaban J connectivity index is 1.11. The average Bonchev–Trinajstić information content (AvgIpc) is 3.79. The van der Waals surface area contributed by atoms with Crippen LogP contribution in [0.25, 0.3) is 22.2 Å². The molecule has 4 saturated heterocycles. The lowest BCUT2D eigenvalue weighted by Gasteiger charge is -2.43. The number of likely N-dealkylation sites (tertiary alicyclic amines) is 1. The zero-order valence-corrected chi connectivity index (χ0v) is 44.7. The van der Waals surface area contributed by atoms with Crippen molar-refractivity contribution in [3.63, 3.8) is 0 Å². The van der Waals surface area contributed by atoms with Gasteiger partial charge >= 0.3 is 18.2 Å². The second-order valence-corrected chi connectivity index (χ2v) is 22.0. The molecule has 75 heavy (non-hydrogen) atoms. The molecule has 5 amide bonds. The molecule has 410 valence electrons. The Labute approximate surface area is 437 Å². The van der Waals surface area contributed by atoms with Crippen molar-refractivity contribution in [3.8, 4) is 11.3 Å². The maximum atomic E-state index is 14.8. The van der Waals surface area contributed by atoms with Gasteiger partial charge in [0.25, 0.3) is 5.91 Å². The van der Waals surface area contributed by atoms with Crippen LogP contribution in [0.3, 0.4) is 0 Å². The molecule has 21 heteroatoms. The number of hydrogen-bond donors (Lipinski definition) is 2. The Kier molecular flexibility index (Phi) is 16.3. The van der Waals surface area contributed by atoms with E-state index in [2.05, 4.69) is 27.2 Å². The molecule has 4 fully saturated rings. The van der Waals surface area contributed by atoms with Gasteiger partial charge in [-0.2, -0.15) is 13.2 Å². The number of halogens is 3. The third-order valence-electron chi connectivity index (χ3n) is 15.8. The number of amides is 5. The molecule has 3 aromatic rings. The molecule has 0 aliphatic carbocycles. The van der Waals surface area contributed by atoms with Gasteiger partial charge in [0, 0.05) is 87.1 Å². The molecule has 6 bridgehead atoms. The Morgan fingerprint density at radius 2 is 1.81 bits per heavy atom. The van der Waals surface area contributed by atoms with E-state index in [0.717, 1.165) is 5.69 Å². The number of anilines is 1. The molecule has 1 aromatic carbocycles. The van der Waals surface area contributed by atoms with Crippen molar-refractivity contribution in [1.29, 1.82) is 0 Å². The van der Waals surface area contributed by atoms with Crippen LogP contribution in [0, 0.1) is 11.3 Å². The average molecular weight is 1050 g/mol. The molecule has 2 aromatic heterocycles. The maximum absolute atomic E-state index is 14.8. The number of fused-ring (bicyclic) bond motifs is 6. The molecule has 5 aliphatic rings. The molecule has 2 N–H and O–H groups in total. The number of urea groups is 1. The molecule has 8 rings (SSSR count). The second kappa shape index (κ2) is 22.1. The van der Waals surface area contributed by atoms with Crippen molar-refractivity contribution in [2.24, 2.45) is 11.3 Å². The fourth-order valence-corrected chi connectivity index (χ4v) is 11.9. The van der Waals surface area contributed by atoms with Crippen LogP contribution in [0.5, 0.6) is 0 Å². The number of carbonyl (C=O) groups is 5. The van der Waals surface area contributed by atoms with Crippen LogP contribution in [-0.4, -0.2) is 167 Å². The summed E-state index contributed by atoms with van der Waals surface area (Å²) in [6, 6.07) is 5.14. The van der Waals surface area contributed by atoms with Crippen molar-refractivity contribution in [2.45, 2.75) is 148 Å². The molecular weight excluding hydrogens is 976 g/mol. The highest BCUT2D eigenvalue weighted by Crippen LogP contribution is 2.44. The topological polar surface area (TPSA) is 180 Å². The smallest absolute Gasteiger partial charge is 0.406 e. The summed E-state index contributed by atoms with van der Waals surface area (Å²) >= 11 is 0. The summed E-state index contributed by atoms with van der Waals surface area (Å²) in [7, 11) is 3.10. The fraction of sp³-hybridized carbons (Fsp3) is 0.630. The summed E-state index contributed by atoms with van der Waals surface area (Å²) in [4.78, 5) is 82.0. The van der Waals surface area contributed by atoms with Crippen LogP contribution in [0.2, 0.25) is 0 Å². The minimum Gasteiger partial charge on any atom is -0.464 e. The number of aromatic nitrogens is 2. The van der Waals surface area contributed by atoms with Gasteiger partial charge in [-0.15, -0.1) is 0 Å². The van der Waals surface area contributed by atoms with Gasteiger partial charge in [-0.3, -0.25) is 29.2 Å². The summed E-state index contributed by atoms with van der Waals surface area (Å²) in [5.74, 6) is -2.26. The number of pyridine rings is 1. The van der Waals surface area contributed by atoms with E-state index in [1.54, 1.807) is 54.2 Å². The molecule has 1 spiro atoms. The summed E-state index contributed by atoms with van der Waals surface area (Å²) in [5.41, 5.74) is 4.65. The summed E-state index contributed by atoms with van der Waals surface area (Å²) in [5, 5.41) is 4.96. The minimum atomic E-state index is -4.59. The molecule has 0 unspecified atom stereocenters. The first kappa shape index (κ1) is 55.5. The highest BCUT2D eigenvalue weighted by Gasteiger charge is 2.53. The zero-order valence-electron chi connectivity index (χ0n) is 44.7. The van der Waals surface area contributed by atoms with Gasteiger partial charge in [-0.1, -0.05) is 34.3 Å². The second-order valence-electron chi connectivity index (χ2n) is 22.0. The Bertz CT molecular complexity index is 2630. The molecular formula is C54H74F3N9O9. The number of hydrazine groups is 1. The van der Waals surface area contributed by atoms with Crippen LogP contribution >= 0.6 is 0 Å². The predicted molar refractivity (Wildman–Crippen MR) is 274 cm³/mol. The van der Waals surface area contributed by atoms with E-state index < -0.39 is 78.1 Å². The normalized spacial score (nSPS) is 25.2. The van der Waals surface area contributed by atoms with Gasteiger partial charge in [0.05, 0.1) is 48.5 Å². The lowest BCUT2D eigenvalue weighted by atomic mass is 9.84. The van der Waals surface area contributed by atoms with Crippen molar-refractivity contribution < 1.29 is 56.1 Å². The number of alkyl halides is 3. The molecule has 7 heterocycles. The first-order valence-corrected chi connectivity index (χ1v) is 26.2. The van der Waals surface area contributed by atoms with E-state index in [1.165, 1.54) is 27.7 Å². The number of nitrogens with one attached hydrogen (secondary N) is 2. The number of hydrogen-bond acceptors (Lipinski definition) is 12. The zero-order chi connectivity index (χ0) is 54.3. The van der Waals surface area contributed by atoms with Gasteiger partial charge in [0.2, 0.25) is 11.8 Å². The first-order chi connectivity index (χ1) is 35.5. The number of morpholine rings is 1. The van der Waals surface area contributed by atoms with E-state index in [1.807, 2.05) is 47.6 Å². The van der Waals surface area contributed by atoms with Crippen molar-refractivity contribution in [2.75, 3.05) is 65.0 Å². The summed E-state index contributed by atoms with van der Waals surface area (Å²) in [6.45, 7) is 17.1. The number of nitrogens with zero attached hydrogens (tertiary/aromatic N) is 7. The largest absolute Gasteiger partial charge is 0.464 e. The van der Waals surface area contributed by atoms with Gasteiger partial charge in [0.1, 0.15) is 30.9 Å². The number of esters is 1. The van der Waals surface area contributed by atoms with Crippen LogP contribution in [0.15, 0.2) is 49.2 Å². The Hall–Kier alpha value is -5.77. The standard InChI is InChI=1S/C54H74F3N9O9/c1-11-44(67)66-34(5)53(75-35(66)6)18-22-62(23-19-53)51(71)61(9)46(32(2)3)48(68)59-42-27-37-29-63(24-25-73-37)36-16-17-43-39(26-36)40(28-52(7,8)31-74-50(70)41-15-13-21-65(60-41)49(42)69)47(64(43)30-54(55,56)57)38-14-12-20-58-45(38)33(4)72-10/h11-12,14,16-17,20,26,32-35,37,41-42,46,60H,1,13,15,18-19,21-25,27-31H2,2-10H3,(H,59,68)/t33-,34+,35+,37-,41-,42-,46-/m0/s1. The summed E-state index contributed by atoms with van der Waals surface area (Å²) in [6.07, 6.45) is -1.38. The molecule has 0 radical (unpaired) electrons. The molecule has 5 aliphatic heterocycles. The monoisotopic (exact) mass is 1050 g/mol. The number of rotatable bonds is 9. The number of benzene rings is 1. The molecule has 7 atom stereocenters. The van der Waals surface area contributed by atoms with E-state index in [0.29, 0.717) is 78.7 Å². The van der Waals surface area contributed by atoms with Gasteiger partial charge in [0.15, 0.2) is 0 Å². The van der Waals surface area contributed by atoms with Gasteiger partial charge < -0.3 is 48.4 Å². The highest BCUT2D eigenvalue weighted by atomic mass is 19.4. The van der Waals surface area contributed by atoms with Crippen LogP contribution in [-0.2, 0) is 51.1 Å². The van der Waals surface area contributed by atoms with Gasteiger partial charge in [-0.25, -0.2) is 10.2 Å². The van der Waals surface area contributed by atoms with Crippen molar-refractivity contribution >= 4 is 46.3 Å². The first-order valence-electron chi connectivity index (χ1n) is 26.2. The van der Waals surface area contributed by atoms with E-state index in [9.17, 15) is 37.1 Å². The lowest BCUT2D eigenvalue weighted by Crippen LogP contribution is -2.63. The summed E-state index contributed by atoms with van der Waals surface area (Å²) < 4.78 is 70.0. The number of piperidine rings is 1. The predicted octanol–water partition coefficient (Wildman–Crippen LogP) is 6.36. The Morgan fingerprint density at radius 3 is 2.49 bits per heavy atom. The number of methoxy groups -OCH3 is 1. The third kappa shape index (κ3) is 11.5. The van der Waals surface area contributed by atoms with E-state index in [4.69, 9.17) is 18.9 Å². The number of ether oxygens (including phenoxy) is 4. The third-order valence-corrected chi connectivity index (χ3v) is 15.8. The van der Waals surface area contributed by atoms with Crippen LogP contribution in [0.1, 0.15) is 97.9 Å².